The molecule has 5 heteroatoms. The number of halogens is 1. The maximum Gasteiger partial charge on any atom is 0.357 e. The second-order valence-corrected chi connectivity index (χ2v) is 3.62. The van der Waals surface area contributed by atoms with Crippen LogP contribution in [0.4, 0.5) is 4.39 Å². The lowest BCUT2D eigenvalue weighted by atomic mass is 10.1. The summed E-state index contributed by atoms with van der Waals surface area (Å²) in [6.45, 7) is 0.391. The average molecular weight is 234 g/mol. The second kappa shape index (κ2) is 4.78. The van der Waals surface area contributed by atoms with E-state index in [0.29, 0.717) is 13.0 Å². The van der Waals surface area contributed by atoms with E-state index in [4.69, 9.17) is 5.11 Å². The van der Waals surface area contributed by atoms with E-state index in [1.807, 2.05) is 30.3 Å². The van der Waals surface area contributed by atoms with Gasteiger partial charge < -0.3 is 9.67 Å². The molecule has 0 amide bonds. The molecule has 2 rings (SSSR count). The number of imidazole rings is 1. The van der Waals surface area contributed by atoms with Crippen molar-refractivity contribution in [2.24, 2.45) is 0 Å². The molecule has 0 bridgehead atoms. The number of carbonyl (C=O) groups is 1. The van der Waals surface area contributed by atoms with Crippen LogP contribution >= 0.6 is 0 Å². The summed E-state index contributed by atoms with van der Waals surface area (Å²) in [5.74, 6) is -2.24. The molecule has 0 aliphatic carbocycles. The topological polar surface area (TPSA) is 55.1 Å². The highest BCUT2D eigenvalue weighted by Crippen LogP contribution is 2.08. The highest BCUT2D eigenvalue weighted by molar-refractivity contribution is 5.85. The van der Waals surface area contributed by atoms with Gasteiger partial charge in [0.25, 0.3) is 0 Å². The summed E-state index contributed by atoms with van der Waals surface area (Å²) < 4.78 is 14.4. The van der Waals surface area contributed by atoms with Crippen molar-refractivity contribution in [3.63, 3.8) is 0 Å². The van der Waals surface area contributed by atoms with Gasteiger partial charge in [0.05, 0.1) is 6.33 Å². The van der Waals surface area contributed by atoms with Gasteiger partial charge in [0.2, 0.25) is 5.95 Å². The molecule has 0 aliphatic heterocycles. The van der Waals surface area contributed by atoms with Gasteiger partial charge >= 0.3 is 5.97 Å². The van der Waals surface area contributed by atoms with E-state index >= 15 is 0 Å². The van der Waals surface area contributed by atoms with Crippen molar-refractivity contribution in [1.82, 2.24) is 9.55 Å². The third-order valence-corrected chi connectivity index (χ3v) is 2.48. The first-order valence-electron chi connectivity index (χ1n) is 5.16. The van der Waals surface area contributed by atoms with Gasteiger partial charge in [-0.3, -0.25) is 0 Å². The van der Waals surface area contributed by atoms with Crippen LogP contribution in [0.1, 0.15) is 16.1 Å². The van der Waals surface area contributed by atoms with Crippen LogP contribution in [0.15, 0.2) is 36.7 Å². The minimum atomic E-state index is -1.30. The van der Waals surface area contributed by atoms with Crippen molar-refractivity contribution >= 4 is 5.97 Å². The van der Waals surface area contributed by atoms with E-state index in [1.165, 1.54) is 10.9 Å². The monoisotopic (exact) mass is 234 g/mol. The van der Waals surface area contributed by atoms with Crippen LogP contribution in [0.3, 0.4) is 0 Å². The molecule has 0 spiro atoms. The smallest absolute Gasteiger partial charge is 0.357 e. The molecule has 0 saturated carbocycles. The molecule has 1 aromatic heterocycles. The predicted octanol–water partition coefficient (Wildman–Crippen LogP) is 1.96. The number of hydrogen-bond donors (Lipinski definition) is 1. The van der Waals surface area contributed by atoms with Gasteiger partial charge in [-0.1, -0.05) is 30.3 Å². The van der Waals surface area contributed by atoms with Gasteiger partial charge in [0, 0.05) is 6.54 Å². The molecule has 4 nitrogen and oxygen atoms in total. The number of aromatic nitrogens is 2. The Bertz CT molecular complexity index is 523. The first kappa shape index (κ1) is 11.3. The molecule has 1 aromatic carbocycles. The normalized spacial score (nSPS) is 10.4. The fourth-order valence-corrected chi connectivity index (χ4v) is 1.63. The number of rotatable bonds is 4. The molecule has 1 N–H and O–H groups in total. The molecule has 1 heterocycles. The van der Waals surface area contributed by atoms with Crippen molar-refractivity contribution in [3.05, 3.63) is 53.9 Å². The van der Waals surface area contributed by atoms with Crippen LogP contribution in [-0.2, 0) is 13.0 Å². The number of benzene rings is 1. The molecule has 0 saturated heterocycles. The maximum absolute atomic E-state index is 13.1. The van der Waals surface area contributed by atoms with Gasteiger partial charge in [-0.2, -0.15) is 4.39 Å². The molecule has 0 radical (unpaired) electrons. The maximum atomic E-state index is 13.1. The lowest BCUT2D eigenvalue weighted by Crippen LogP contribution is -2.11. The second-order valence-electron chi connectivity index (χ2n) is 3.62. The van der Waals surface area contributed by atoms with Crippen molar-refractivity contribution in [3.8, 4) is 0 Å². The Hall–Kier alpha value is -2.17. The molecule has 0 unspecified atom stereocenters. The summed E-state index contributed by atoms with van der Waals surface area (Å²) >= 11 is 0. The highest BCUT2D eigenvalue weighted by Gasteiger charge is 2.17. The Morgan fingerprint density at radius 3 is 2.71 bits per heavy atom. The van der Waals surface area contributed by atoms with E-state index < -0.39 is 11.9 Å². The van der Waals surface area contributed by atoms with E-state index in [2.05, 4.69) is 4.98 Å². The van der Waals surface area contributed by atoms with Crippen LogP contribution < -0.4 is 0 Å². The fraction of sp³-hybridized carbons (Fsp3) is 0.167. The molecular weight excluding hydrogens is 223 g/mol. The molecule has 17 heavy (non-hydrogen) atoms. The zero-order chi connectivity index (χ0) is 12.3. The molecule has 0 aliphatic rings. The average Bonchev–Trinajstić information content (AvgIpc) is 2.69. The first-order valence-corrected chi connectivity index (χ1v) is 5.16. The van der Waals surface area contributed by atoms with Gasteiger partial charge in [0.1, 0.15) is 0 Å². The summed E-state index contributed by atoms with van der Waals surface area (Å²) in [6.07, 6.45) is 1.85. The number of aromatic carboxylic acids is 1. The first-order chi connectivity index (χ1) is 8.18. The molecule has 2 aromatic rings. The largest absolute Gasteiger partial charge is 0.476 e. The summed E-state index contributed by atoms with van der Waals surface area (Å²) in [6, 6.07) is 9.59. The lowest BCUT2D eigenvalue weighted by molar-refractivity contribution is 0.0679. The number of carboxylic acids is 1. The van der Waals surface area contributed by atoms with Crippen molar-refractivity contribution < 1.29 is 14.3 Å². The lowest BCUT2D eigenvalue weighted by Gasteiger charge is -2.04. The third-order valence-electron chi connectivity index (χ3n) is 2.48. The Kier molecular flexibility index (Phi) is 3.18. The Labute approximate surface area is 97.3 Å². The summed E-state index contributed by atoms with van der Waals surface area (Å²) in [5, 5.41) is 8.83. The molecular formula is C12H11FN2O2. The molecule has 88 valence electrons. The minimum absolute atomic E-state index is 0.388. The third kappa shape index (κ3) is 2.50. The molecule has 0 fully saturated rings. The fourth-order valence-electron chi connectivity index (χ4n) is 1.63. The summed E-state index contributed by atoms with van der Waals surface area (Å²) in [7, 11) is 0. The van der Waals surface area contributed by atoms with Crippen LogP contribution in [0.5, 0.6) is 0 Å². The summed E-state index contributed by atoms with van der Waals surface area (Å²) in [5.41, 5.74) is 0.680. The van der Waals surface area contributed by atoms with Gasteiger partial charge in [-0.05, 0) is 12.0 Å². The van der Waals surface area contributed by atoms with Crippen LogP contribution in [-0.4, -0.2) is 20.6 Å². The SMILES string of the molecule is O=C(O)c1c(F)ncn1CCc1ccccc1. The quantitative estimate of drug-likeness (QED) is 0.879. The van der Waals surface area contributed by atoms with Crippen LogP contribution in [0.25, 0.3) is 0 Å². The van der Waals surface area contributed by atoms with Gasteiger partial charge in [0.15, 0.2) is 5.69 Å². The predicted molar refractivity (Wildman–Crippen MR) is 59.3 cm³/mol. The zero-order valence-corrected chi connectivity index (χ0v) is 9.01. The number of hydrogen-bond acceptors (Lipinski definition) is 2. The number of carboxylic acid groups (broad SMARTS) is 1. The highest BCUT2D eigenvalue weighted by atomic mass is 19.1. The van der Waals surface area contributed by atoms with E-state index in [9.17, 15) is 9.18 Å². The molecule has 0 atom stereocenters. The summed E-state index contributed by atoms with van der Waals surface area (Å²) in [4.78, 5) is 14.2. The Morgan fingerprint density at radius 1 is 1.35 bits per heavy atom. The Morgan fingerprint density at radius 2 is 2.06 bits per heavy atom. The van der Waals surface area contributed by atoms with E-state index in [0.717, 1.165) is 5.56 Å². The van der Waals surface area contributed by atoms with Crippen molar-refractivity contribution in [2.45, 2.75) is 13.0 Å². The number of aryl methyl sites for hydroxylation is 2. The van der Waals surface area contributed by atoms with Crippen molar-refractivity contribution in [2.75, 3.05) is 0 Å². The van der Waals surface area contributed by atoms with Gasteiger partial charge in [-0.25, -0.2) is 9.78 Å². The standard InChI is InChI=1S/C12H11FN2O2/c13-11-10(12(16)17)15(8-14-11)7-6-9-4-2-1-3-5-9/h1-5,8H,6-7H2,(H,16,17). The van der Waals surface area contributed by atoms with Crippen molar-refractivity contribution in [1.29, 1.82) is 0 Å². The number of nitrogens with zero attached hydrogens (tertiary/aromatic N) is 2. The minimum Gasteiger partial charge on any atom is -0.476 e. The van der Waals surface area contributed by atoms with E-state index in [1.54, 1.807) is 0 Å². The zero-order valence-electron chi connectivity index (χ0n) is 9.01. The van der Waals surface area contributed by atoms with E-state index in [-0.39, 0.29) is 5.69 Å². The van der Waals surface area contributed by atoms with Gasteiger partial charge in [-0.15, -0.1) is 0 Å². The van der Waals surface area contributed by atoms with Crippen LogP contribution in [0.2, 0.25) is 0 Å². The Balaban J connectivity index is 2.12. The van der Waals surface area contributed by atoms with Crippen LogP contribution in [0, 0.1) is 5.95 Å².